The zero-order valence-electron chi connectivity index (χ0n) is 17.1. The van der Waals surface area contributed by atoms with Crippen LogP contribution in [0.15, 0.2) is 4.99 Å². The number of ether oxygens (including phenoxy) is 2. The van der Waals surface area contributed by atoms with Gasteiger partial charge in [0.2, 0.25) is 0 Å². The number of rotatable bonds is 10. The molecule has 0 spiro atoms. The summed E-state index contributed by atoms with van der Waals surface area (Å²) in [6.07, 6.45) is 1.45. The Morgan fingerprint density at radius 3 is 2.40 bits per heavy atom. The maximum atomic E-state index is 12.3. The first-order chi connectivity index (χ1) is 11.7. The van der Waals surface area contributed by atoms with Gasteiger partial charge in [-0.15, -0.1) is 0 Å². The molecule has 7 heteroatoms. The average Bonchev–Trinajstić information content (AvgIpc) is 2.48. The molecule has 0 saturated heterocycles. The normalized spacial score (nSPS) is 12.2. The Hall–Kier alpha value is -1.50. The lowest BCUT2D eigenvalue weighted by Gasteiger charge is -2.30. The molecule has 25 heavy (non-hydrogen) atoms. The SMILES string of the molecule is CCNC(=NCCCN(C(=O)OC(C)(C)C)C(C)C)NCCCOC. The van der Waals surface area contributed by atoms with Crippen LogP contribution in [-0.2, 0) is 9.47 Å². The molecule has 7 nitrogen and oxygen atoms in total. The van der Waals surface area contributed by atoms with Gasteiger partial charge in [-0.3, -0.25) is 4.99 Å². The van der Waals surface area contributed by atoms with Gasteiger partial charge in [-0.1, -0.05) is 0 Å². The van der Waals surface area contributed by atoms with Crippen LogP contribution < -0.4 is 10.6 Å². The topological polar surface area (TPSA) is 75.2 Å². The third-order valence-corrected chi connectivity index (χ3v) is 3.24. The van der Waals surface area contributed by atoms with Gasteiger partial charge in [-0.2, -0.15) is 0 Å². The number of guanidine groups is 1. The summed E-state index contributed by atoms with van der Waals surface area (Å²) in [5.74, 6) is 0.798. The molecule has 0 bridgehead atoms. The average molecular weight is 359 g/mol. The highest BCUT2D eigenvalue weighted by atomic mass is 16.6. The number of carbonyl (C=O) groups excluding carboxylic acids is 1. The van der Waals surface area contributed by atoms with Crippen molar-refractivity contribution < 1.29 is 14.3 Å². The summed E-state index contributed by atoms with van der Waals surface area (Å²) in [5, 5.41) is 6.49. The molecule has 0 aliphatic rings. The standard InChI is InChI=1S/C18H38N4O3/c1-8-19-16(21-12-10-14-24-7)20-11-9-13-22(15(2)3)17(23)25-18(4,5)6/h15H,8-14H2,1-7H3,(H2,19,20,21). The number of nitrogens with one attached hydrogen (secondary N) is 2. The molecule has 0 aromatic rings. The predicted octanol–water partition coefficient (Wildman–Crippen LogP) is 2.61. The number of amides is 1. The molecule has 0 aliphatic heterocycles. The van der Waals surface area contributed by atoms with Crippen molar-refractivity contribution in [3.8, 4) is 0 Å². The molecule has 0 saturated carbocycles. The fourth-order valence-electron chi connectivity index (χ4n) is 2.08. The first-order valence-electron chi connectivity index (χ1n) is 9.22. The van der Waals surface area contributed by atoms with Gasteiger partial charge in [0, 0.05) is 45.9 Å². The maximum Gasteiger partial charge on any atom is 0.410 e. The van der Waals surface area contributed by atoms with E-state index in [9.17, 15) is 4.79 Å². The lowest BCUT2D eigenvalue weighted by atomic mass is 10.2. The smallest absolute Gasteiger partial charge is 0.410 e. The first kappa shape index (κ1) is 23.5. The van der Waals surface area contributed by atoms with Crippen molar-refractivity contribution in [2.24, 2.45) is 4.99 Å². The van der Waals surface area contributed by atoms with Crippen molar-refractivity contribution in [1.29, 1.82) is 0 Å². The molecular weight excluding hydrogens is 320 g/mol. The summed E-state index contributed by atoms with van der Waals surface area (Å²) >= 11 is 0. The Kier molecular flexibility index (Phi) is 12.0. The lowest BCUT2D eigenvalue weighted by Crippen LogP contribution is -2.42. The molecule has 0 atom stereocenters. The second kappa shape index (κ2) is 12.8. The minimum atomic E-state index is -0.479. The van der Waals surface area contributed by atoms with Crippen LogP contribution in [0, 0.1) is 0 Å². The van der Waals surface area contributed by atoms with Gasteiger partial charge in [-0.25, -0.2) is 4.79 Å². The number of hydrogen-bond acceptors (Lipinski definition) is 4. The van der Waals surface area contributed by atoms with Crippen LogP contribution in [0.2, 0.25) is 0 Å². The number of carbonyl (C=O) groups is 1. The molecule has 2 N–H and O–H groups in total. The van der Waals surface area contributed by atoms with Gasteiger partial charge in [0.25, 0.3) is 0 Å². The van der Waals surface area contributed by atoms with Crippen molar-refractivity contribution >= 4 is 12.1 Å². The molecule has 0 aliphatic carbocycles. The Morgan fingerprint density at radius 2 is 1.88 bits per heavy atom. The first-order valence-corrected chi connectivity index (χ1v) is 9.22. The van der Waals surface area contributed by atoms with E-state index in [2.05, 4.69) is 15.6 Å². The second-order valence-electron chi connectivity index (χ2n) is 7.15. The Morgan fingerprint density at radius 1 is 1.20 bits per heavy atom. The van der Waals surface area contributed by atoms with Crippen LogP contribution in [0.25, 0.3) is 0 Å². The van der Waals surface area contributed by atoms with Crippen molar-refractivity contribution in [2.45, 2.75) is 66.0 Å². The monoisotopic (exact) mass is 358 g/mol. The Balaban J connectivity index is 4.41. The highest BCUT2D eigenvalue weighted by Gasteiger charge is 2.23. The summed E-state index contributed by atoms with van der Waals surface area (Å²) in [6, 6.07) is 0.0965. The summed E-state index contributed by atoms with van der Waals surface area (Å²) in [7, 11) is 1.70. The predicted molar refractivity (Wildman–Crippen MR) is 103 cm³/mol. The van der Waals surface area contributed by atoms with Crippen molar-refractivity contribution in [1.82, 2.24) is 15.5 Å². The molecule has 0 fully saturated rings. The van der Waals surface area contributed by atoms with Gasteiger partial charge < -0.3 is 25.0 Å². The van der Waals surface area contributed by atoms with E-state index in [1.807, 2.05) is 41.5 Å². The van der Waals surface area contributed by atoms with Crippen LogP contribution in [0.4, 0.5) is 4.79 Å². The Labute approximate surface area is 153 Å². The third-order valence-electron chi connectivity index (χ3n) is 3.24. The summed E-state index contributed by atoms with van der Waals surface area (Å²) in [5.41, 5.74) is -0.479. The van der Waals surface area contributed by atoms with Gasteiger partial charge >= 0.3 is 6.09 Å². The van der Waals surface area contributed by atoms with E-state index >= 15 is 0 Å². The molecule has 0 radical (unpaired) electrons. The van der Waals surface area contributed by atoms with Crippen LogP contribution in [0.3, 0.4) is 0 Å². The zero-order valence-corrected chi connectivity index (χ0v) is 17.1. The third kappa shape index (κ3) is 12.5. The van der Waals surface area contributed by atoms with E-state index in [-0.39, 0.29) is 12.1 Å². The second-order valence-corrected chi connectivity index (χ2v) is 7.15. The molecule has 1 amide bonds. The highest BCUT2D eigenvalue weighted by molar-refractivity contribution is 5.79. The van der Waals surface area contributed by atoms with Crippen LogP contribution in [-0.4, -0.2) is 68.5 Å². The summed E-state index contributed by atoms with van der Waals surface area (Å²) in [4.78, 5) is 18.6. The fraction of sp³-hybridized carbons (Fsp3) is 0.889. The molecule has 148 valence electrons. The fourth-order valence-corrected chi connectivity index (χ4v) is 2.08. The Bertz CT molecular complexity index is 392. The van der Waals surface area contributed by atoms with Crippen LogP contribution in [0.5, 0.6) is 0 Å². The van der Waals surface area contributed by atoms with E-state index < -0.39 is 5.60 Å². The molecule has 0 aromatic heterocycles. The molecular formula is C18H38N4O3. The molecule has 0 heterocycles. The van der Waals surface area contributed by atoms with E-state index in [0.29, 0.717) is 13.1 Å². The summed E-state index contributed by atoms with van der Waals surface area (Å²) < 4.78 is 10.5. The minimum absolute atomic E-state index is 0.0965. The number of aliphatic imine (C=N–C) groups is 1. The van der Waals surface area contributed by atoms with Crippen LogP contribution in [0.1, 0.15) is 54.4 Å². The molecule has 0 unspecified atom stereocenters. The van der Waals surface area contributed by atoms with Crippen molar-refractivity contribution in [3.05, 3.63) is 0 Å². The molecule has 0 rings (SSSR count). The largest absolute Gasteiger partial charge is 0.444 e. The number of hydrogen-bond donors (Lipinski definition) is 2. The summed E-state index contributed by atoms with van der Waals surface area (Å²) in [6.45, 7) is 15.3. The van der Waals surface area contributed by atoms with E-state index in [1.54, 1.807) is 12.0 Å². The number of methoxy groups -OCH3 is 1. The van der Waals surface area contributed by atoms with Crippen LogP contribution >= 0.6 is 0 Å². The van der Waals surface area contributed by atoms with Gasteiger partial charge in [0.05, 0.1) is 0 Å². The zero-order chi connectivity index (χ0) is 19.3. The highest BCUT2D eigenvalue weighted by Crippen LogP contribution is 2.12. The van der Waals surface area contributed by atoms with Crippen molar-refractivity contribution in [3.63, 3.8) is 0 Å². The van der Waals surface area contributed by atoms with E-state index in [4.69, 9.17) is 9.47 Å². The quantitative estimate of drug-likeness (QED) is 0.357. The molecule has 0 aromatic carbocycles. The number of nitrogens with zero attached hydrogens (tertiary/aromatic N) is 2. The van der Waals surface area contributed by atoms with E-state index in [0.717, 1.165) is 38.5 Å². The van der Waals surface area contributed by atoms with Gasteiger partial charge in [0.15, 0.2) is 5.96 Å². The minimum Gasteiger partial charge on any atom is -0.444 e. The van der Waals surface area contributed by atoms with Gasteiger partial charge in [0.1, 0.15) is 5.60 Å². The van der Waals surface area contributed by atoms with Gasteiger partial charge in [-0.05, 0) is 54.4 Å². The van der Waals surface area contributed by atoms with E-state index in [1.165, 1.54) is 0 Å². The van der Waals surface area contributed by atoms with Crippen molar-refractivity contribution in [2.75, 3.05) is 39.9 Å². The maximum absolute atomic E-state index is 12.3. The lowest BCUT2D eigenvalue weighted by molar-refractivity contribution is 0.0190.